The largest absolute Gasteiger partial charge is 0.356 e. The number of fused-ring (bicyclic) bond motifs is 4. The van der Waals surface area contributed by atoms with Crippen LogP contribution < -0.4 is 0 Å². The highest BCUT2D eigenvalue weighted by Gasteiger charge is 2.49. The molecule has 8 nitrogen and oxygen atoms in total. The standard InChI is InChI=1S/C24H24N4O4/c1-3-14(2)26-13-21(29)27-20(24(26)30)12-18-17-9-4-5-10-19(17)25-22(18)23(27)15-7-6-8-16(11-15)28(31)32/h4-11,14,20,23,25H,3,12-13H2,1-2H3/t14-,20-,23-/m0/s1. The van der Waals surface area contributed by atoms with Crippen molar-refractivity contribution in [2.45, 2.75) is 44.8 Å². The minimum absolute atomic E-state index is 0.0192. The molecule has 1 aromatic heterocycles. The molecule has 3 heterocycles. The van der Waals surface area contributed by atoms with E-state index in [1.54, 1.807) is 21.9 Å². The maximum absolute atomic E-state index is 13.5. The first-order valence-electron chi connectivity index (χ1n) is 10.9. The lowest BCUT2D eigenvalue weighted by atomic mass is 9.85. The van der Waals surface area contributed by atoms with Crippen molar-refractivity contribution in [3.63, 3.8) is 0 Å². The van der Waals surface area contributed by atoms with Crippen molar-refractivity contribution < 1.29 is 14.5 Å². The van der Waals surface area contributed by atoms with Gasteiger partial charge in [-0.05, 0) is 30.5 Å². The summed E-state index contributed by atoms with van der Waals surface area (Å²) in [5.41, 5.74) is 3.31. The minimum Gasteiger partial charge on any atom is -0.356 e. The Morgan fingerprint density at radius 2 is 1.97 bits per heavy atom. The van der Waals surface area contributed by atoms with Crippen LogP contribution in [0.5, 0.6) is 0 Å². The molecular formula is C24H24N4O4. The zero-order chi connectivity index (χ0) is 22.6. The van der Waals surface area contributed by atoms with Gasteiger partial charge < -0.3 is 14.8 Å². The first kappa shape index (κ1) is 20.2. The number of hydrogen-bond acceptors (Lipinski definition) is 4. The number of para-hydroxylation sites is 1. The van der Waals surface area contributed by atoms with E-state index in [4.69, 9.17) is 0 Å². The number of aromatic nitrogens is 1. The third kappa shape index (κ3) is 2.97. The number of piperazine rings is 1. The van der Waals surface area contributed by atoms with E-state index in [9.17, 15) is 19.7 Å². The third-order valence-corrected chi connectivity index (χ3v) is 6.81. The summed E-state index contributed by atoms with van der Waals surface area (Å²) in [6, 6.07) is 12.9. The highest BCUT2D eigenvalue weighted by atomic mass is 16.6. The number of amides is 2. The Morgan fingerprint density at radius 3 is 2.72 bits per heavy atom. The molecule has 0 unspecified atom stereocenters. The van der Waals surface area contributed by atoms with Crippen LogP contribution in [0.25, 0.3) is 10.9 Å². The molecule has 3 atom stereocenters. The van der Waals surface area contributed by atoms with Gasteiger partial charge >= 0.3 is 0 Å². The average Bonchev–Trinajstić information content (AvgIpc) is 3.18. The number of aromatic amines is 1. The molecule has 0 bridgehead atoms. The number of nitrogens with zero attached hydrogens (tertiary/aromatic N) is 3. The van der Waals surface area contributed by atoms with E-state index in [0.717, 1.165) is 28.6 Å². The van der Waals surface area contributed by atoms with Crippen LogP contribution in [0.4, 0.5) is 5.69 Å². The van der Waals surface area contributed by atoms with E-state index in [1.807, 2.05) is 38.1 Å². The van der Waals surface area contributed by atoms with Gasteiger partial charge in [0.25, 0.3) is 5.69 Å². The SMILES string of the molecule is CC[C@H](C)N1CC(=O)N2[C@@H](c3cccc([N+](=O)[O-])c3)c3[nH]c4ccccc4c3C[C@H]2C1=O. The smallest absolute Gasteiger partial charge is 0.269 e. The van der Waals surface area contributed by atoms with Gasteiger partial charge in [0.2, 0.25) is 11.8 Å². The number of rotatable bonds is 4. The number of carbonyl (C=O) groups excluding carboxylic acids is 2. The Bertz CT molecular complexity index is 1250. The highest BCUT2D eigenvalue weighted by Crippen LogP contribution is 2.43. The molecule has 5 rings (SSSR count). The van der Waals surface area contributed by atoms with Gasteiger partial charge in [0.1, 0.15) is 12.6 Å². The van der Waals surface area contributed by atoms with Gasteiger partial charge in [-0.3, -0.25) is 19.7 Å². The van der Waals surface area contributed by atoms with Gasteiger partial charge in [0.05, 0.1) is 11.0 Å². The van der Waals surface area contributed by atoms with E-state index in [0.29, 0.717) is 12.0 Å². The fraction of sp³-hybridized carbons (Fsp3) is 0.333. The van der Waals surface area contributed by atoms with Gasteiger partial charge in [0.15, 0.2) is 0 Å². The molecule has 0 aliphatic carbocycles. The van der Waals surface area contributed by atoms with Gasteiger partial charge in [-0.2, -0.15) is 0 Å². The zero-order valence-corrected chi connectivity index (χ0v) is 17.9. The number of nitrogens with one attached hydrogen (secondary N) is 1. The number of nitro groups is 1. The number of H-pyrrole nitrogens is 1. The van der Waals surface area contributed by atoms with Crippen molar-refractivity contribution in [2.75, 3.05) is 6.54 Å². The molecular weight excluding hydrogens is 408 g/mol. The fourth-order valence-electron chi connectivity index (χ4n) is 5.03. The summed E-state index contributed by atoms with van der Waals surface area (Å²) in [6.45, 7) is 3.98. The summed E-state index contributed by atoms with van der Waals surface area (Å²) >= 11 is 0. The second-order valence-corrected chi connectivity index (χ2v) is 8.56. The van der Waals surface area contributed by atoms with Crippen LogP contribution in [0.1, 0.15) is 43.1 Å². The van der Waals surface area contributed by atoms with Crippen molar-refractivity contribution in [1.82, 2.24) is 14.8 Å². The third-order valence-electron chi connectivity index (χ3n) is 6.81. The van der Waals surface area contributed by atoms with Crippen molar-refractivity contribution in [3.8, 4) is 0 Å². The van der Waals surface area contributed by atoms with Gasteiger partial charge in [-0.15, -0.1) is 0 Å². The second-order valence-electron chi connectivity index (χ2n) is 8.56. The number of non-ortho nitro benzene ring substituents is 1. The lowest BCUT2D eigenvalue weighted by Gasteiger charge is -2.48. The molecule has 2 amide bonds. The van der Waals surface area contributed by atoms with Crippen molar-refractivity contribution in [3.05, 3.63) is 75.5 Å². The second kappa shape index (κ2) is 7.47. The Labute approximate surface area is 185 Å². The molecule has 0 spiro atoms. The Hall–Kier alpha value is -3.68. The molecule has 8 heteroatoms. The number of benzene rings is 2. The Kier molecular flexibility index (Phi) is 4.73. The maximum Gasteiger partial charge on any atom is 0.269 e. The first-order chi connectivity index (χ1) is 15.4. The molecule has 0 saturated carbocycles. The Morgan fingerprint density at radius 1 is 1.19 bits per heavy atom. The predicted molar refractivity (Wildman–Crippen MR) is 119 cm³/mol. The van der Waals surface area contributed by atoms with Crippen molar-refractivity contribution in [1.29, 1.82) is 0 Å². The normalized spacial score (nSPS) is 21.4. The number of nitro benzene ring substituents is 1. The van der Waals surface area contributed by atoms with Crippen LogP contribution in [0.2, 0.25) is 0 Å². The Balaban J connectivity index is 1.71. The summed E-state index contributed by atoms with van der Waals surface area (Å²) in [4.78, 5) is 44.7. The fourth-order valence-corrected chi connectivity index (χ4v) is 5.03. The molecule has 32 heavy (non-hydrogen) atoms. The maximum atomic E-state index is 13.5. The van der Waals surface area contributed by atoms with Crippen molar-refractivity contribution >= 4 is 28.4 Å². The molecule has 3 aromatic rings. The highest BCUT2D eigenvalue weighted by molar-refractivity contribution is 5.97. The van der Waals surface area contributed by atoms with Crippen LogP contribution in [0.15, 0.2) is 48.5 Å². The predicted octanol–water partition coefficient (Wildman–Crippen LogP) is 3.56. The summed E-state index contributed by atoms with van der Waals surface area (Å²) in [5.74, 6) is -0.207. The molecule has 0 radical (unpaired) electrons. The van der Waals surface area contributed by atoms with Gasteiger partial charge in [-0.1, -0.05) is 37.3 Å². The van der Waals surface area contributed by atoms with Gasteiger partial charge in [0, 0.05) is 41.2 Å². The number of carbonyl (C=O) groups is 2. The molecule has 1 N–H and O–H groups in total. The monoisotopic (exact) mass is 432 g/mol. The molecule has 2 aliphatic rings. The first-order valence-corrected chi connectivity index (χ1v) is 10.9. The molecule has 1 fully saturated rings. The van der Waals surface area contributed by atoms with E-state index < -0.39 is 17.0 Å². The van der Waals surface area contributed by atoms with E-state index in [1.165, 1.54) is 12.1 Å². The van der Waals surface area contributed by atoms with Crippen LogP contribution >= 0.6 is 0 Å². The topological polar surface area (TPSA) is 99.5 Å². The zero-order valence-electron chi connectivity index (χ0n) is 17.9. The van der Waals surface area contributed by atoms with E-state index >= 15 is 0 Å². The van der Waals surface area contributed by atoms with E-state index in [-0.39, 0.29) is 30.1 Å². The summed E-state index contributed by atoms with van der Waals surface area (Å²) in [5, 5.41) is 12.4. The summed E-state index contributed by atoms with van der Waals surface area (Å²) in [7, 11) is 0. The van der Waals surface area contributed by atoms with E-state index in [2.05, 4.69) is 4.98 Å². The van der Waals surface area contributed by atoms with Crippen LogP contribution in [-0.2, 0) is 16.0 Å². The summed E-state index contributed by atoms with van der Waals surface area (Å²) in [6.07, 6.45) is 1.18. The molecule has 1 saturated heterocycles. The van der Waals surface area contributed by atoms with Crippen LogP contribution in [-0.4, -0.2) is 50.1 Å². The van der Waals surface area contributed by atoms with Crippen molar-refractivity contribution in [2.24, 2.45) is 0 Å². The minimum atomic E-state index is -0.638. The quantitative estimate of drug-likeness (QED) is 0.503. The summed E-state index contributed by atoms with van der Waals surface area (Å²) < 4.78 is 0. The molecule has 2 aliphatic heterocycles. The average molecular weight is 432 g/mol. The van der Waals surface area contributed by atoms with Crippen LogP contribution in [0, 0.1) is 10.1 Å². The number of hydrogen-bond donors (Lipinski definition) is 1. The van der Waals surface area contributed by atoms with Crippen LogP contribution in [0.3, 0.4) is 0 Å². The molecule has 164 valence electrons. The molecule has 2 aromatic carbocycles. The lowest BCUT2D eigenvalue weighted by molar-refractivity contribution is -0.384. The van der Waals surface area contributed by atoms with Gasteiger partial charge in [-0.25, -0.2) is 0 Å². The lowest BCUT2D eigenvalue weighted by Crippen LogP contribution is -2.64.